The highest BCUT2D eigenvalue weighted by atomic mass is 16.5. The molecule has 23 heavy (non-hydrogen) atoms. The first-order valence-corrected chi connectivity index (χ1v) is 9.18. The van der Waals surface area contributed by atoms with E-state index < -0.39 is 0 Å². The summed E-state index contributed by atoms with van der Waals surface area (Å²) in [5.41, 5.74) is 3.14. The Morgan fingerprint density at radius 3 is 2.22 bits per heavy atom. The van der Waals surface area contributed by atoms with E-state index >= 15 is 0 Å². The third kappa shape index (κ3) is 4.14. The number of benzene rings is 1. The standard InChI is InChI=1S/C20H32N2O/c1-20(2,3)18-6-4-16(5-7-18)19(17-8-14-23-15-9-17)22-12-10-21-11-13-22/h4-7,17,19,21H,8-15H2,1-3H3/t19-/m1/s1. The fourth-order valence-corrected chi connectivity index (χ4v) is 3.95. The van der Waals surface area contributed by atoms with E-state index in [0.717, 1.165) is 45.3 Å². The third-order valence-electron chi connectivity index (χ3n) is 5.38. The van der Waals surface area contributed by atoms with Gasteiger partial charge >= 0.3 is 0 Å². The lowest BCUT2D eigenvalue weighted by Crippen LogP contribution is -2.47. The van der Waals surface area contributed by atoms with Gasteiger partial charge in [0.25, 0.3) is 0 Å². The predicted octanol–water partition coefficient (Wildman–Crippen LogP) is 3.36. The maximum absolute atomic E-state index is 5.61. The van der Waals surface area contributed by atoms with E-state index in [1.807, 2.05) is 0 Å². The molecule has 1 atom stereocenters. The molecule has 3 rings (SSSR count). The fraction of sp³-hybridized carbons (Fsp3) is 0.700. The van der Waals surface area contributed by atoms with Gasteiger partial charge in [-0.3, -0.25) is 4.90 Å². The summed E-state index contributed by atoms with van der Waals surface area (Å²) in [4.78, 5) is 2.69. The molecular formula is C20H32N2O. The smallest absolute Gasteiger partial charge is 0.0469 e. The van der Waals surface area contributed by atoms with Crippen LogP contribution in [-0.4, -0.2) is 44.3 Å². The van der Waals surface area contributed by atoms with Gasteiger partial charge in [0.2, 0.25) is 0 Å². The van der Waals surface area contributed by atoms with Crippen LogP contribution in [0.2, 0.25) is 0 Å². The van der Waals surface area contributed by atoms with Crippen LogP contribution in [0.5, 0.6) is 0 Å². The van der Waals surface area contributed by atoms with Gasteiger partial charge in [0.05, 0.1) is 0 Å². The molecule has 0 spiro atoms. The van der Waals surface area contributed by atoms with E-state index in [0.29, 0.717) is 6.04 Å². The van der Waals surface area contributed by atoms with Gasteiger partial charge < -0.3 is 10.1 Å². The maximum Gasteiger partial charge on any atom is 0.0469 e. The van der Waals surface area contributed by atoms with Crippen molar-refractivity contribution in [2.24, 2.45) is 5.92 Å². The van der Waals surface area contributed by atoms with Crippen LogP contribution >= 0.6 is 0 Å². The number of rotatable bonds is 3. The molecule has 2 fully saturated rings. The van der Waals surface area contributed by atoms with E-state index in [9.17, 15) is 0 Å². The first kappa shape index (κ1) is 16.9. The van der Waals surface area contributed by atoms with E-state index in [-0.39, 0.29) is 5.41 Å². The number of hydrogen-bond donors (Lipinski definition) is 1. The summed E-state index contributed by atoms with van der Waals surface area (Å²) >= 11 is 0. The van der Waals surface area contributed by atoms with E-state index in [2.05, 4.69) is 55.3 Å². The monoisotopic (exact) mass is 316 g/mol. The molecule has 1 aromatic rings. The normalized spacial score (nSPS) is 22.9. The highest BCUT2D eigenvalue weighted by molar-refractivity contribution is 5.30. The van der Waals surface area contributed by atoms with Gasteiger partial charge in [0, 0.05) is 45.4 Å². The van der Waals surface area contributed by atoms with Crippen LogP contribution in [0.3, 0.4) is 0 Å². The predicted molar refractivity (Wildman–Crippen MR) is 95.9 cm³/mol. The first-order valence-electron chi connectivity index (χ1n) is 9.18. The van der Waals surface area contributed by atoms with Crippen molar-refractivity contribution >= 4 is 0 Å². The van der Waals surface area contributed by atoms with Crippen molar-refractivity contribution < 1.29 is 4.74 Å². The summed E-state index contributed by atoms with van der Waals surface area (Å²) in [6.45, 7) is 13.2. The molecule has 2 aliphatic heterocycles. The summed E-state index contributed by atoms with van der Waals surface area (Å²) < 4.78 is 5.61. The van der Waals surface area contributed by atoms with E-state index in [1.165, 1.54) is 24.0 Å². The van der Waals surface area contributed by atoms with E-state index in [1.54, 1.807) is 0 Å². The van der Waals surface area contributed by atoms with Gasteiger partial charge in [-0.05, 0) is 35.3 Å². The SMILES string of the molecule is CC(C)(C)c1ccc([C@H](C2CCOCC2)N2CCNCC2)cc1. The quantitative estimate of drug-likeness (QED) is 0.925. The first-order chi connectivity index (χ1) is 11.1. The van der Waals surface area contributed by atoms with Crippen LogP contribution in [-0.2, 0) is 10.2 Å². The van der Waals surface area contributed by atoms with Crippen LogP contribution in [0.25, 0.3) is 0 Å². The topological polar surface area (TPSA) is 24.5 Å². The van der Waals surface area contributed by atoms with Gasteiger partial charge in [0.1, 0.15) is 0 Å². The minimum Gasteiger partial charge on any atom is -0.381 e. The summed E-state index contributed by atoms with van der Waals surface area (Å²) in [6, 6.07) is 9.98. The molecule has 0 radical (unpaired) electrons. The van der Waals surface area contributed by atoms with Crippen LogP contribution in [0, 0.1) is 5.92 Å². The third-order valence-corrected chi connectivity index (χ3v) is 5.38. The molecule has 128 valence electrons. The van der Waals surface area contributed by atoms with Crippen LogP contribution in [0.1, 0.15) is 50.8 Å². The lowest BCUT2D eigenvalue weighted by atomic mass is 9.82. The van der Waals surface area contributed by atoms with Crippen LogP contribution in [0.15, 0.2) is 24.3 Å². The molecular weight excluding hydrogens is 284 g/mol. The lowest BCUT2D eigenvalue weighted by Gasteiger charge is -2.41. The Labute approximate surface area is 141 Å². The van der Waals surface area contributed by atoms with Crippen molar-refractivity contribution in [3.05, 3.63) is 35.4 Å². The van der Waals surface area contributed by atoms with Crippen molar-refractivity contribution in [1.29, 1.82) is 0 Å². The molecule has 0 unspecified atom stereocenters. The van der Waals surface area contributed by atoms with Gasteiger partial charge in [-0.1, -0.05) is 45.0 Å². The Morgan fingerprint density at radius 2 is 1.65 bits per heavy atom. The molecule has 3 nitrogen and oxygen atoms in total. The molecule has 2 heterocycles. The minimum atomic E-state index is 0.224. The van der Waals surface area contributed by atoms with Gasteiger partial charge in [0.15, 0.2) is 0 Å². The molecule has 2 aliphatic rings. The highest BCUT2D eigenvalue weighted by Gasteiger charge is 2.31. The fourth-order valence-electron chi connectivity index (χ4n) is 3.95. The number of hydrogen-bond acceptors (Lipinski definition) is 3. The average Bonchev–Trinajstić information content (AvgIpc) is 2.57. The Morgan fingerprint density at radius 1 is 1.04 bits per heavy atom. The molecule has 3 heteroatoms. The summed E-state index contributed by atoms with van der Waals surface area (Å²) in [7, 11) is 0. The summed E-state index contributed by atoms with van der Waals surface area (Å²) in [5, 5.41) is 3.49. The van der Waals surface area contributed by atoms with Gasteiger partial charge in [-0.2, -0.15) is 0 Å². The van der Waals surface area contributed by atoms with Crippen molar-refractivity contribution in [1.82, 2.24) is 10.2 Å². The summed E-state index contributed by atoms with van der Waals surface area (Å²) in [5.74, 6) is 0.724. The molecule has 0 amide bonds. The molecule has 0 bridgehead atoms. The van der Waals surface area contributed by atoms with Crippen molar-refractivity contribution in [2.75, 3.05) is 39.4 Å². The zero-order chi connectivity index (χ0) is 16.3. The van der Waals surface area contributed by atoms with Crippen LogP contribution < -0.4 is 5.32 Å². The number of nitrogens with zero attached hydrogens (tertiary/aromatic N) is 1. The largest absolute Gasteiger partial charge is 0.381 e. The molecule has 0 aromatic heterocycles. The molecule has 1 N–H and O–H groups in total. The second kappa shape index (κ2) is 7.33. The Bertz CT molecular complexity index is 461. The number of piperazine rings is 1. The highest BCUT2D eigenvalue weighted by Crippen LogP contribution is 2.36. The lowest BCUT2D eigenvalue weighted by molar-refractivity contribution is 0.0213. The molecule has 0 aliphatic carbocycles. The van der Waals surface area contributed by atoms with Crippen molar-refractivity contribution in [2.45, 2.75) is 45.1 Å². The van der Waals surface area contributed by atoms with Gasteiger partial charge in [-0.25, -0.2) is 0 Å². The van der Waals surface area contributed by atoms with Crippen molar-refractivity contribution in [3.63, 3.8) is 0 Å². The Balaban J connectivity index is 1.84. The average molecular weight is 316 g/mol. The zero-order valence-electron chi connectivity index (χ0n) is 15.0. The minimum absolute atomic E-state index is 0.224. The maximum atomic E-state index is 5.61. The second-order valence-electron chi connectivity index (χ2n) is 8.05. The molecule has 2 saturated heterocycles. The molecule has 0 saturated carbocycles. The Kier molecular flexibility index (Phi) is 5.40. The molecule has 1 aromatic carbocycles. The zero-order valence-corrected chi connectivity index (χ0v) is 15.0. The number of ether oxygens (including phenoxy) is 1. The second-order valence-corrected chi connectivity index (χ2v) is 8.05. The summed E-state index contributed by atoms with van der Waals surface area (Å²) in [6.07, 6.45) is 2.38. The van der Waals surface area contributed by atoms with Crippen LogP contribution in [0.4, 0.5) is 0 Å². The number of nitrogens with one attached hydrogen (secondary N) is 1. The van der Waals surface area contributed by atoms with Crippen molar-refractivity contribution in [3.8, 4) is 0 Å². The van der Waals surface area contributed by atoms with Gasteiger partial charge in [-0.15, -0.1) is 0 Å². The van der Waals surface area contributed by atoms with E-state index in [4.69, 9.17) is 4.74 Å². The Hall–Kier alpha value is -0.900.